The van der Waals surface area contributed by atoms with Gasteiger partial charge < -0.3 is 14.4 Å². The van der Waals surface area contributed by atoms with Gasteiger partial charge in [0.1, 0.15) is 12.4 Å². The first kappa shape index (κ1) is 14.7. The number of ether oxygens (including phenoxy) is 1. The van der Waals surface area contributed by atoms with E-state index in [-0.39, 0.29) is 5.69 Å². The number of fused-ring (bicyclic) bond motifs is 1. The van der Waals surface area contributed by atoms with Crippen molar-refractivity contribution >= 4 is 25.1 Å². The molecule has 2 aromatic heterocycles. The van der Waals surface area contributed by atoms with Crippen molar-refractivity contribution < 1.29 is 14.6 Å². The molecule has 5 nitrogen and oxygen atoms in total. The van der Waals surface area contributed by atoms with Crippen LogP contribution < -0.4 is 0 Å². The van der Waals surface area contributed by atoms with Gasteiger partial charge in [0.2, 0.25) is 0 Å². The third kappa shape index (κ3) is 3.67. The van der Waals surface area contributed by atoms with E-state index in [1.807, 2.05) is 16.8 Å². The van der Waals surface area contributed by atoms with E-state index < -0.39 is 14.0 Å². The Kier molecular flexibility index (Phi) is 4.25. The number of hydrogen-bond acceptors (Lipinski definition) is 3. The highest BCUT2D eigenvalue weighted by Gasteiger charge is 2.12. The molecule has 0 aliphatic heterocycles. The summed E-state index contributed by atoms with van der Waals surface area (Å²) in [6.45, 7) is 8.06. The van der Waals surface area contributed by atoms with Gasteiger partial charge in [-0.1, -0.05) is 19.6 Å². The number of carboxylic acid groups (broad SMARTS) is 1. The standard InChI is InChI=1S/C14H20N2O3Si/c1-20(2,3)9-8-19-10-16-7-6-11-4-5-12(14(17)18)15-13(11)16/h4-7H,8-10H2,1-3H3,(H,17,18). The van der Waals surface area contributed by atoms with E-state index in [9.17, 15) is 4.79 Å². The fourth-order valence-corrected chi connectivity index (χ4v) is 2.58. The summed E-state index contributed by atoms with van der Waals surface area (Å²) in [5.41, 5.74) is 0.706. The van der Waals surface area contributed by atoms with Crippen molar-refractivity contribution in [2.24, 2.45) is 0 Å². The zero-order valence-corrected chi connectivity index (χ0v) is 13.1. The zero-order chi connectivity index (χ0) is 14.8. The van der Waals surface area contributed by atoms with Crippen LogP contribution in [0.2, 0.25) is 25.7 Å². The number of aromatic carboxylic acids is 1. The molecule has 0 saturated heterocycles. The summed E-state index contributed by atoms with van der Waals surface area (Å²) >= 11 is 0. The van der Waals surface area contributed by atoms with E-state index in [0.717, 1.165) is 18.0 Å². The van der Waals surface area contributed by atoms with E-state index >= 15 is 0 Å². The number of carboxylic acids is 1. The van der Waals surface area contributed by atoms with Gasteiger partial charge in [-0.2, -0.15) is 0 Å². The van der Waals surface area contributed by atoms with Gasteiger partial charge in [0.05, 0.1) is 0 Å². The van der Waals surface area contributed by atoms with Gasteiger partial charge in [-0.3, -0.25) is 0 Å². The summed E-state index contributed by atoms with van der Waals surface area (Å²) in [5, 5.41) is 9.90. The maximum absolute atomic E-state index is 11.0. The fourth-order valence-electron chi connectivity index (χ4n) is 1.82. The Morgan fingerprint density at radius 1 is 1.35 bits per heavy atom. The molecule has 2 aromatic rings. The minimum Gasteiger partial charge on any atom is -0.477 e. The molecule has 20 heavy (non-hydrogen) atoms. The third-order valence-electron chi connectivity index (χ3n) is 3.06. The van der Waals surface area contributed by atoms with Crippen LogP contribution in [0.3, 0.4) is 0 Å². The van der Waals surface area contributed by atoms with Crippen molar-refractivity contribution in [2.45, 2.75) is 32.4 Å². The molecule has 1 N–H and O–H groups in total. The highest BCUT2D eigenvalue weighted by Crippen LogP contribution is 2.15. The van der Waals surface area contributed by atoms with Crippen molar-refractivity contribution in [1.29, 1.82) is 0 Å². The third-order valence-corrected chi connectivity index (χ3v) is 4.76. The van der Waals surface area contributed by atoms with Crippen LogP contribution in [0.25, 0.3) is 11.0 Å². The molecule has 2 rings (SSSR count). The van der Waals surface area contributed by atoms with E-state index in [4.69, 9.17) is 9.84 Å². The Bertz CT molecular complexity index is 616. The monoisotopic (exact) mass is 292 g/mol. The SMILES string of the molecule is C[Si](C)(C)CCOCn1ccc2ccc(C(=O)O)nc21. The number of aromatic nitrogens is 2. The molecule has 0 unspecified atom stereocenters. The van der Waals surface area contributed by atoms with Crippen LogP contribution in [0.5, 0.6) is 0 Å². The van der Waals surface area contributed by atoms with Crippen LogP contribution in [0.1, 0.15) is 10.5 Å². The molecule has 0 aliphatic rings. The second kappa shape index (κ2) is 5.76. The Hall–Kier alpha value is -1.66. The van der Waals surface area contributed by atoms with Gasteiger partial charge >= 0.3 is 5.97 Å². The fraction of sp³-hybridized carbons (Fsp3) is 0.429. The van der Waals surface area contributed by atoms with Crippen molar-refractivity contribution in [3.8, 4) is 0 Å². The lowest BCUT2D eigenvalue weighted by atomic mass is 10.3. The Morgan fingerprint density at radius 3 is 2.75 bits per heavy atom. The van der Waals surface area contributed by atoms with Crippen molar-refractivity contribution in [1.82, 2.24) is 9.55 Å². The molecular formula is C14H20N2O3Si. The summed E-state index contributed by atoms with van der Waals surface area (Å²) in [6, 6.07) is 6.31. The maximum atomic E-state index is 11.0. The Balaban J connectivity index is 2.06. The van der Waals surface area contributed by atoms with Crippen LogP contribution in [0.4, 0.5) is 0 Å². The largest absolute Gasteiger partial charge is 0.477 e. The summed E-state index contributed by atoms with van der Waals surface area (Å²) < 4.78 is 7.51. The summed E-state index contributed by atoms with van der Waals surface area (Å²) in [6.07, 6.45) is 1.87. The smallest absolute Gasteiger partial charge is 0.354 e. The first-order valence-electron chi connectivity index (χ1n) is 6.64. The van der Waals surface area contributed by atoms with E-state index in [0.29, 0.717) is 12.4 Å². The van der Waals surface area contributed by atoms with Gasteiger partial charge in [0.25, 0.3) is 0 Å². The summed E-state index contributed by atoms with van der Waals surface area (Å²) in [4.78, 5) is 15.1. The van der Waals surface area contributed by atoms with Crippen LogP contribution >= 0.6 is 0 Å². The number of hydrogen-bond donors (Lipinski definition) is 1. The quantitative estimate of drug-likeness (QED) is 0.656. The molecule has 0 aliphatic carbocycles. The highest BCUT2D eigenvalue weighted by atomic mass is 28.3. The lowest BCUT2D eigenvalue weighted by Crippen LogP contribution is -2.22. The molecule has 0 fully saturated rings. The molecule has 0 amide bonds. The number of pyridine rings is 1. The van der Waals surface area contributed by atoms with Crippen LogP contribution in [0.15, 0.2) is 24.4 Å². The molecule has 0 saturated carbocycles. The van der Waals surface area contributed by atoms with Crippen molar-refractivity contribution in [2.75, 3.05) is 6.61 Å². The number of rotatable bonds is 6. The minimum atomic E-state index is -1.08. The van der Waals surface area contributed by atoms with E-state index in [1.165, 1.54) is 6.07 Å². The second-order valence-electron chi connectivity index (χ2n) is 6.05. The molecule has 108 valence electrons. The molecule has 0 bridgehead atoms. The van der Waals surface area contributed by atoms with Crippen LogP contribution in [0, 0.1) is 0 Å². The van der Waals surface area contributed by atoms with Crippen LogP contribution in [-0.2, 0) is 11.5 Å². The Morgan fingerprint density at radius 2 is 2.10 bits per heavy atom. The molecule has 0 spiro atoms. The van der Waals surface area contributed by atoms with Crippen molar-refractivity contribution in [3.05, 3.63) is 30.1 Å². The van der Waals surface area contributed by atoms with Gasteiger partial charge in [-0.15, -0.1) is 0 Å². The van der Waals surface area contributed by atoms with E-state index in [1.54, 1.807) is 6.07 Å². The van der Waals surface area contributed by atoms with Gasteiger partial charge in [0, 0.05) is 26.3 Å². The predicted molar refractivity (Wildman–Crippen MR) is 80.8 cm³/mol. The highest BCUT2D eigenvalue weighted by molar-refractivity contribution is 6.76. The molecule has 6 heteroatoms. The summed E-state index contributed by atoms with van der Waals surface area (Å²) in [5.74, 6) is -1.01. The summed E-state index contributed by atoms with van der Waals surface area (Å²) in [7, 11) is -1.08. The van der Waals surface area contributed by atoms with E-state index in [2.05, 4.69) is 24.6 Å². The normalized spacial score (nSPS) is 11.9. The van der Waals surface area contributed by atoms with Crippen LogP contribution in [-0.4, -0.2) is 35.3 Å². The molecule has 0 atom stereocenters. The van der Waals surface area contributed by atoms with Gasteiger partial charge in [-0.05, 0) is 24.2 Å². The molecule has 0 aromatic carbocycles. The lowest BCUT2D eigenvalue weighted by molar-refractivity contribution is 0.0690. The van der Waals surface area contributed by atoms with Gasteiger partial charge in [-0.25, -0.2) is 9.78 Å². The number of nitrogens with zero attached hydrogens (tertiary/aromatic N) is 2. The predicted octanol–water partition coefficient (Wildman–Crippen LogP) is 3.05. The first-order valence-corrected chi connectivity index (χ1v) is 10.3. The topological polar surface area (TPSA) is 64.3 Å². The second-order valence-corrected chi connectivity index (χ2v) is 11.7. The average Bonchev–Trinajstić information content (AvgIpc) is 2.76. The maximum Gasteiger partial charge on any atom is 0.354 e. The first-order chi connectivity index (χ1) is 9.37. The zero-order valence-electron chi connectivity index (χ0n) is 12.1. The molecule has 0 radical (unpaired) electrons. The lowest BCUT2D eigenvalue weighted by Gasteiger charge is -2.15. The minimum absolute atomic E-state index is 0.0551. The van der Waals surface area contributed by atoms with Gasteiger partial charge in [0.15, 0.2) is 5.69 Å². The number of carbonyl (C=O) groups is 1. The average molecular weight is 292 g/mol. The molecule has 2 heterocycles. The van der Waals surface area contributed by atoms with Crippen molar-refractivity contribution in [3.63, 3.8) is 0 Å². The molecular weight excluding hydrogens is 272 g/mol. The Labute approximate surface area is 119 Å².